The van der Waals surface area contributed by atoms with Crippen LogP contribution in [0.4, 0.5) is 0 Å². The van der Waals surface area contributed by atoms with E-state index in [4.69, 9.17) is 9.47 Å². The van der Waals surface area contributed by atoms with Crippen molar-refractivity contribution in [3.05, 3.63) is 46.8 Å². The van der Waals surface area contributed by atoms with Gasteiger partial charge in [-0.15, -0.1) is 0 Å². The maximum atomic E-state index is 13.0. The van der Waals surface area contributed by atoms with Crippen molar-refractivity contribution in [3.63, 3.8) is 0 Å². The van der Waals surface area contributed by atoms with E-state index in [1.807, 2.05) is 30.7 Å². The third kappa shape index (κ3) is 4.99. The quantitative estimate of drug-likeness (QED) is 0.630. The molecule has 32 heavy (non-hydrogen) atoms. The van der Waals surface area contributed by atoms with Crippen LogP contribution in [0.1, 0.15) is 52.6 Å². The third-order valence-electron chi connectivity index (χ3n) is 6.33. The second kappa shape index (κ2) is 9.23. The molecule has 2 aliphatic rings. The fourth-order valence-electron chi connectivity index (χ4n) is 4.44. The average molecular weight is 462 g/mol. The van der Waals surface area contributed by atoms with Crippen molar-refractivity contribution >= 4 is 15.7 Å². The maximum absolute atomic E-state index is 13.0. The molecule has 1 amide bonds. The lowest BCUT2D eigenvalue weighted by Crippen LogP contribution is -2.26. The Morgan fingerprint density at radius 1 is 1.25 bits per heavy atom. The summed E-state index contributed by atoms with van der Waals surface area (Å²) in [7, 11) is -1.23. The largest absolute Gasteiger partial charge is 0.491 e. The summed E-state index contributed by atoms with van der Waals surface area (Å²) in [6.07, 6.45) is 2.83. The molecule has 9 heteroatoms. The van der Waals surface area contributed by atoms with Crippen LogP contribution in [0.2, 0.25) is 0 Å². The number of aromatic nitrogens is 2. The Bertz CT molecular complexity index is 1070. The third-order valence-corrected chi connectivity index (χ3v) is 8.08. The van der Waals surface area contributed by atoms with Gasteiger partial charge in [-0.2, -0.15) is 5.10 Å². The number of hydrogen-bond donors (Lipinski definition) is 0. The van der Waals surface area contributed by atoms with E-state index in [1.54, 1.807) is 24.1 Å². The van der Waals surface area contributed by atoms with Crippen LogP contribution in [-0.4, -0.2) is 66.9 Å². The van der Waals surface area contributed by atoms with Crippen LogP contribution in [0.5, 0.6) is 5.75 Å². The first kappa shape index (κ1) is 22.8. The summed E-state index contributed by atoms with van der Waals surface area (Å²) >= 11 is 0. The van der Waals surface area contributed by atoms with E-state index in [0.29, 0.717) is 25.1 Å². The number of rotatable bonds is 7. The molecule has 0 N–H and O–H groups in total. The summed E-state index contributed by atoms with van der Waals surface area (Å²) < 4.78 is 36.9. The van der Waals surface area contributed by atoms with Crippen molar-refractivity contribution in [2.24, 2.45) is 0 Å². The van der Waals surface area contributed by atoms with Gasteiger partial charge in [0.1, 0.15) is 12.4 Å². The van der Waals surface area contributed by atoms with Gasteiger partial charge >= 0.3 is 0 Å². The zero-order valence-electron chi connectivity index (χ0n) is 18.9. The second-order valence-electron chi connectivity index (χ2n) is 8.78. The average Bonchev–Trinajstić information content (AvgIpc) is 3.48. The van der Waals surface area contributed by atoms with Crippen molar-refractivity contribution < 1.29 is 22.7 Å². The monoisotopic (exact) mass is 461 g/mol. The van der Waals surface area contributed by atoms with Crippen LogP contribution in [0, 0.1) is 13.8 Å². The number of carbonyl (C=O) groups excluding carboxylic acids is 1. The first-order valence-corrected chi connectivity index (χ1v) is 12.9. The van der Waals surface area contributed by atoms with Gasteiger partial charge in [0, 0.05) is 37.0 Å². The number of sulfone groups is 1. The molecular formula is C23H31N3O5S. The lowest BCUT2D eigenvalue weighted by Gasteiger charge is -2.18. The molecule has 3 heterocycles. The van der Waals surface area contributed by atoms with Crippen LogP contribution in [0.25, 0.3) is 0 Å². The fourth-order valence-corrected chi connectivity index (χ4v) is 6.13. The van der Waals surface area contributed by atoms with Crippen LogP contribution >= 0.6 is 0 Å². The van der Waals surface area contributed by atoms with Gasteiger partial charge in [-0.1, -0.05) is 0 Å². The van der Waals surface area contributed by atoms with E-state index < -0.39 is 9.84 Å². The molecule has 2 atom stereocenters. The molecule has 2 fully saturated rings. The number of hydrogen-bond acceptors (Lipinski definition) is 6. The summed E-state index contributed by atoms with van der Waals surface area (Å²) in [6.45, 7) is 5.58. The van der Waals surface area contributed by atoms with Gasteiger partial charge in [0.15, 0.2) is 9.84 Å². The van der Waals surface area contributed by atoms with Gasteiger partial charge in [-0.05, 0) is 57.4 Å². The predicted molar refractivity (Wildman–Crippen MR) is 121 cm³/mol. The maximum Gasteiger partial charge on any atom is 0.253 e. The van der Waals surface area contributed by atoms with Crippen molar-refractivity contribution in [1.82, 2.24) is 14.7 Å². The van der Waals surface area contributed by atoms with Crippen LogP contribution in [0.15, 0.2) is 24.3 Å². The summed E-state index contributed by atoms with van der Waals surface area (Å²) in [5.74, 6) is 0.964. The summed E-state index contributed by atoms with van der Waals surface area (Å²) in [5, 5.41) is 4.60. The highest BCUT2D eigenvalue weighted by Gasteiger charge is 2.31. The Labute approximate surface area is 189 Å². The zero-order valence-corrected chi connectivity index (χ0v) is 19.7. The van der Waals surface area contributed by atoms with Crippen molar-refractivity contribution in [1.29, 1.82) is 0 Å². The highest BCUT2D eigenvalue weighted by atomic mass is 32.2. The van der Waals surface area contributed by atoms with E-state index in [9.17, 15) is 13.2 Å². The normalized spacial score (nSPS) is 22.2. The highest BCUT2D eigenvalue weighted by Crippen LogP contribution is 2.27. The molecule has 0 saturated carbocycles. The Hall–Kier alpha value is -2.39. The van der Waals surface area contributed by atoms with Crippen molar-refractivity contribution in [2.45, 2.75) is 51.8 Å². The molecule has 8 nitrogen and oxygen atoms in total. The summed E-state index contributed by atoms with van der Waals surface area (Å²) in [4.78, 5) is 14.6. The van der Waals surface area contributed by atoms with Crippen molar-refractivity contribution in [3.8, 4) is 5.75 Å². The molecular weight excluding hydrogens is 430 g/mol. The molecule has 2 saturated heterocycles. The van der Waals surface area contributed by atoms with Crippen LogP contribution in [-0.2, 0) is 21.1 Å². The number of carbonyl (C=O) groups is 1. The first-order chi connectivity index (χ1) is 15.2. The Kier molecular flexibility index (Phi) is 6.57. The minimum atomic E-state index is -2.99. The molecule has 0 radical (unpaired) electrons. The molecule has 174 valence electrons. The number of amides is 1. The summed E-state index contributed by atoms with van der Waals surface area (Å²) in [6, 6.07) is 7.04. The van der Waals surface area contributed by atoms with Gasteiger partial charge in [0.25, 0.3) is 5.91 Å². The fraction of sp³-hybridized carbons (Fsp3) is 0.565. The van der Waals surface area contributed by atoms with E-state index >= 15 is 0 Å². The lowest BCUT2D eigenvalue weighted by atomic mass is 10.1. The first-order valence-electron chi connectivity index (χ1n) is 11.1. The molecule has 4 rings (SSSR count). The molecule has 0 unspecified atom stereocenters. The minimum Gasteiger partial charge on any atom is -0.491 e. The van der Waals surface area contributed by atoms with E-state index in [2.05, 4.69) is 5.10 Å². The van der Waals surface area contributed by atoms with Gasteiger partial charge in [-0.25, -0.2) is 8.42 Å². The Morgan fingerprint density at radius 3 is 2.62 bits per heavy atom. The lowest BCUT2D eigenvalue weighted by molar-refractivity contribution is 0.0679. The minimum absolute atomic E-state index is 0.0920. The topological polar surface area (TPSA) is 90.7 Å². The number of benzene rings is 1. The van der Waals surface area contributed by atoms with Gasteiger partial charge in [0.2, 0.25) is 0 Å². The number of nitrogens with zero attached hydrogens (tertiary/aromatic N) is 3. The molecule has 0 bridgehead atoms. The van der Waals surface area contributed by atoms with E-state index in [0.717, 1.165) is 42.1 Å². The molecule has 0 spiro atoms. The highest BCUT2D eigenvalue weighted by molar-refractivity contribution is 7.91. The molecule has 1 aromatic carbocycles. The standard InChI is InChI=1S/C23H31N3O5S/c1-16-22(17(2)26(24-16)19-10-12-32(28,29)15-19)13-25(3)23(27)18-6-8-20(9-7-18)31-14-21-5-4-11-30-21/h6-9,19,21H,4-5,10-15H2,1-3H3/t19-,21+/m1/s1. The molecule has 0 aliphatic carbocycles. The van der Waals surface area contributed by atoms with Gasteiger partial charge in [0.05, 0.1) is 29.3 Å². The van der Waals surface area contributed by atoms with Gasteiger partial charge < -0.3 is 14.4 Å². The van der Waals surface area contributed by atoms with Crippen molar-refractivity contribution in [2.75, 3.05) is 31.8 Å². The van der Waals surface area contributed by atoms with Crippen LogP contribution in [0.3, 0.4) is 0 Å². The number of aryl methyl sites for hydroxylation is 1. The molecule has 2 aromatic rings. The SMILES string of the molecule is Cc1nn([C@@H]2CCS(=O)(=O)C2)c(C)c1CN(C)C(=O)c1ccc(OC[C@@H]2CCCO2)cc1. The molecule has 1 aromatic heterocycles. The zero-order chi connectivity index (χ0) is 22.9. The summed E-state index contributed by atoms with van der Waals surface area (Å²) in [5.41, 5.74) is 3.29. The number of ether oxygens (including phenoxy) is 2. The predicted octanol–water partition coefficient (Wildman–Crippen LogP) is 2.69. The van der Waals surface area contributed by atoms with Gasteiger partial charge in [-0.3, -0.25) is 9.48 Å². The Morgan fingerprint density at radius 2 is 2.00 bits per heavy atom. The Balaban J connectivity index is 1.39. The molecule has 2 aliphatic heterocycles. The van der Waals surface area contributed by atoms with Crippen LogP contribution < -0.4 is 4.74 Å². The smallest absolute Gasteiger partial charge is 0.253 e. The second-order valence-corrected chi connectivity index (χ2v) is 11.0. The van der Waals surface area contributed by atoms with E-state index in [1.165, 1.54) is 0 Å². The van der Waals surface area contributed by atoms with E-state index in [-0.39, 0.29) is 29.6 Å².